The molecule has 1 N–H and O–H groups in total. The summed E-state index contributed by atoms with van der Waals surface area (Å²) in [5, 5.41) is 10.7. The van der Waals surface area contributed by atoms with Crippen molar-refractivity contribution in [2.45, 2.75) is 33.9 Å². The van der Waals surface area contributed by atoms with Crippen LogP contribution in [0.25, 0.3) is 0 Å². The van der Waals surface area contributed by atoms with Crippen LogP contribution in [0.4, 0.5) is 0 Å². The average Bonchev–Trinajstić information content (AvgIpc) is 3.01. The van der Waals surface area contributed by atoms with Gasteiger partial charge in [0.1, 0.15) is 0 Å². The van der Waals surface area contributed by atoms with Gasteiger partial charge < -0.3 is 28.8 Å². The molecule has 0 amide bonds. The minimum absolute atomic E-state index is 0.607. The summed E-state index contributed by atoms with van der Waals surface area (Å²) in [5.41, 5.74) is 0. The summed E-state index contributed by atoms with van der Waals surface area (Å²) in [6.45, 7) is 0. The van der Waals surface area contributed by atoms with Gasteiger partial charge in [-0.25, -0.2) is 0 Å². The molecule has 0 radical (unpaired) electrons. The van der Waals surface area contributed by atoms with Gasteiger partial charge in [-0.2, -0.15) is 0 Å². The number of ether oxygens (including phenoxy) is 5. The summed E-state index contributed by atoms with van der Waals surface area (Å²) in [7, 11) is 4.07. The lowest BCUT2D eigenvalue weighted by Gasteiger charge is -2.39. The van der Waals surface area contributed by atoms with Crippen LogP contribution in [0.1, 0.15) is 0 Å². The summed E-state index contributed by atoms with van der Waals surface area (Å²) in [6, 6.07) is 0. The quantitative estimate of drug-likeness (QED) is 0.563. The predicted octanol–water partition coefficient (Wildman–Crippen LogP) is -0.193. The van der Waals surface area contributed by atoms with Crippen molar-refractivity contribution in [2.75, 3.05) is 21.3 Å². The van der Waals surface area contributed by atoms with E-state index in [1.807, 2.05) is 0 Å². The average molecular weight is 341 g/mol. The zero-order valence-electron chi connectivity index (χ0n) is 11.5. The second-order valence-corrected chi connectivity index (χ2v) is 6.89. The molecule has 0 aromatic heterocycles. The summed E-state index contributed by atoms with van der Waals surface area (Å²) >= 11 is 13.4. The largest absolute Gasteiger partial charge is 0.358 e. The molecular weight excluding hydrogens is 327 g/mol. The Balaban J connectivity index is 2.04. The van der Waals surface area contributed by atoms with Gasteiger partial charge in [0.2, 0.25) is 11.6 Å². The van der Waals surface area contributed by atoms with Gasteiger partial charge in [0.25, 0.3) is 5.79 Å². The number of alkyl halides is 2. The lowest BCUT2D eigenvalue weighted by molar-refractivity contribution is -0.277. The Morgan fingerprint density at radius 1 is 1.19 bits per heavy atom. The van der Waals surface area contributed by atoms with Crippen LogP contribution >= 0.6 is 23.2 Å². The molecule has 2 aliphatic carbocycles. The van der Waals surface area contributed by atoms with Gasteiger partial charge in [0.05, 0.1) is 11.8 Å². The first-order valence-electron chi connectivity index (χ1n) is 6.41. The van der Waals surface area contributed by atoms with Crippen molar-refractivity contribution in [3.63, 3.8) is 0 Å². The fourth-order valence-electron chi connectivity index (χ4n) is 4.66. The Labute approximate surface area is 130 Å². The second kappa shape index (κ2) is 3.73. The third-order valence-electron chi connectivity index (χ3n) is 5.34. The zero-order valence-corrected chi connectivity index (χ0v) is 13.0. The smallest absolute Gasteiger partial charge is 0.256 e. The minimum Gasteiger partial charge on any atom is -0.358 e. The van der Waals surface area contributed by atoms with E-state index >= 15 is 0 Å². The van der Waals surface area contributed by atoms with Crippen LogP contribution in [0.2, 0.25) is 0 Å². The molecule has 118 valence electrons. The van der Waals surface area contributed by atoms with Gasteiger partial charge >= 0.3 is 0 Å². The first kappa shape index (κ1) is 14.6. The fraction of sp³-hybridized carbons (Fsp3) is 0.917. The van der Waals surface area contributed by atoms with Crippen molar-refractivity contribution in [3.05, 3.63) is 0 Å². The molecule has 7 atom stereocenters. The molecule has 4 fully saturated rings. The van der Waals surface area contributed by atoms with Crippen LogP contribution in [0.5, 0.6) is 0 Å². The maximum absolute atomic E-state index is 12.8. The van der Waals surface area contributed by atoms with E-state index in [4.69, 9.17) is 46.9 Å². The van der Waals surface area contributed by atoms with E-state index in [9.17, 15) is 9.90 Å². The predicted molar refractivity (Wildman–Crippen MR) is 67.6 cm³/mol. The molecule has 7 nitrogen and oxygen atoms in total. The van der Waals surface area contributed by atoms with E-state index in [-0.39, 0.29) is 0 Å². The molecule has 2 heterocycles. The Hall–Kier alpha value is 0.01000. The Morgan fingerprint density at radius 3 is 2.33 bits per heavy atom. The standard InChI is InChI=1S/C12H14Cl2O7/c1-17-6-4-5-7(20-6)21-11(16)8(15)9(4,13)12(18-2,19-3)10(5,11)14/h4-7,16H,1-3H3/t4-,5+,6-,7+,9+,10+,11+/m0/s1. The summed E-state index contributed by atoms with van der Waals surface area (Å²) in [5.74, 6) is -6.14. The maximum atomic E-state index is 12.8. The van der Waals surface area contributed by atoms with E-state index in [1.165, 1.54) is 21.3 Å². The minimum atomic E-state index is -2.33. The molecule has 9 heteroatoms. The number of ketones is 1. The van der Waals surface area contributed by atoms with Crippen molar-refractivity contribution in [1.82, 2.24) is 0 Å². The number of halogens is 2. The first-order valence-corrected chi connectivity index (χ1v) is 7.17. The Bertz CT molecular complexity index is 540. The van der Waals surface area contributed by atoms with Crippen LogP contribution in [0.15, 0.2) is 0 Å². The highest BCUT2D eigenvalue weighted by molar-refractivity contribution is 6.44. The molecule has 2 aliphatic heterocycles. The number of carbonyl (C=O) groups excluding carboxylic acids is 1. The van der Waals surface area contributed by atoms with Crippen LogP contribution in [-0.2, 0) is 28.5 Å². The van der Waals surface area contributed by atoms with Gasteiger partial charge in [-0.3, -0.25) is 4.79 Å². The van der Waals surface area contributed by atoms with Crippen molar-refractivity contribution in [2.24, 2.45) is 11.8 Å². The lowest BCUT2D eigenvalue weighted by Crippen LogP contribution is -2.60. The molecule has 2 saturated heterocycles. The van der Waals surface area contributed by atoms with Gasteiger partial charge in [0.15, 0.2) is 22.3 Å². The van der Waals surface area contributed by atoms with Gasteiger partial charge in [0, 0.05) is 21.3 Å². The molecule has 0 spiro atoms. The van der Waals surface area contributed by atoms with Crippen molar-refractivity contribution >= 4 is 29.0 Å². The van der Waals surface area contributed by atoms with Crippen molar-refractivity contribution in [1.29, 1.82) is 0 Å². The molecule has 0 unspecified atom stereocenters. The van der Waals surface area contributed by atoms with Crippen LogP contribution in [0, 0.1) is 11.8 Å². The fourth-order valence-corrected chi connectivity index (χ4v) is 6.05. The molecule has 2 bridgehead atoms. The number of carbonyl (C=O) groups is 1. The van der Waals surface area contributed by atoms with E-state index < -0.39 is 51.5 Å². The number of hydrogen-bond donors (Lipinski definition) is 1. The molecule has 0 aromatic carbocycles. The second-order valence-electron chi connectivity index (χ2n) is 5.70. The molecular formula is C12H14Cl2O7. The van der Waals surface area contributed by atoms with Gasteiger partial charge in [-0.1, -0.05) is 0 Å². The third kappa shape index (κ3) is 1.01. The molecule has 2 saturated carbocycles. The summed E-state index contributed by atoms with van der Waals surface area (Å²) in [4.78, 5) is 9.30. The van der Waals surface area contributed by atoms with Crippen molar-refractivity contribution < 1.29 is 33.6 Å². The van der Waals surface area contributed by atoms with Crippen molar-refractivity contribution in [3.8, 4) is 0 Å². The zero-order chi connectivity index (χ0) is 15.4. The Morgan fingerprint density at radius 2 is 1.81 bits per heavy atom. The van der Waals surface area contributed by atoms with Crippen LogP contribution in [-0.4, -0.2) is 66.1 Å². The summed E-state index contributed by atoms with van der Waals surface area (Å²) < 4.78 is 27.1. The molecule has 4 rings (SSSR count). The van der Waals surface area contributed by atoms with Gasteiger partial charge in [-0.05, 0) is 0 Å². The monoisotopic (exact) mass is 340 g/mol. The maximum Gasteiger partial charge on any atom is 0.256 e. The number of hydrogen-bond acceptors (Lipinski definition) is 7. The van der Waals surface area contributed by atoms with E-state index in [1.54, 1.807) is 0 Å². The number of fused-ring (bicyclic) bond motifs is 2. The highest BCUT2D eigenvalue weighted by Crippen LogP contribution is 2.78. The van der Waals surface area contributed by atoms with E-state index in [0.717, 1.165) is 0 Å². The molecule has 4 aliphatic rings. The van der Waals surface area contributed by atoms with Crippen LogP contribution < -0.4 is 0 Å². The number of methoxy groups -OCH3 is 3. The van der Waals surface area contributed by atoms with Gasteiger partial charge in [-0.15, -0.1) is 23.2 Å². The van der Waals surface area contributed by atoms with Crippen LogP contribution in [0.3, 0.4) is 0 Å². The molecule has 0 aromatic rings. The normalized spacial score (nSPS) is 59.2. The summed E-state index contributed by atoms with van der Waals surface area (Å²) in [6.07, 6.45) is -1.73. The Kier molecular flexibility index (Phi) is 2.59. The highest BCUT2D eigenvalue weighted by atomic mass is 35.5. The highest BCUT2D eigenvalue weighted by Gasteiger charge is 3.01. The topological polar surface area (TPSA) is 83.5 Å². The molecule has 21 heavy (non-hydrogen) atoms. The van der Waals surface area contributed by atoms with E-state index in [0.29, 0.717) is 0 Å². The third-order valence-corrected chi connectivity index (χ3v) is 6.77. The number of aliphatic hydroxyl groups is 1. The first-order chi connectivity index (χ1) is 9.80. The number of rotatable bonds is 3. The van der Waals surface area contributed by atoms with E-state index in [2.05, 4.69) is 0 Å². The SMILES string of the molecule is CO[C@H]1O[C@@H]2O[C@]3(O)C(=O)[C@]4(Cl)[C@H]1[C@H]2[C@]3(Cl)C4(OC)OC. The number of Topliss-reactive ketones (excluding diaryl/α,β-unsaturated/α-hetero) is 1. The lowest BCUT2D eigenvalue weighted by atomic mass is 9.77.